The quantitative estimate of drug-likeness (QED) is 0.715. The molecule has 3 aromatic rings. The molecule has 2 N–H and O–H groups in total. The molecule has 0 aliphatic heterocycles. The van der Waals surface area contributed by atoms with Crippen molar-refractivity contribution in [1.29, 1.82) is 0 Å². The van der Waals surface area contributed by atoms with Gasteiger partial charge in [0, 0.05) is 29.9 Å². The molecular formula is C23H27N3O. The molecule has 0 radical (unpaired) electrons. The molecular weight excluding hydrogens is 334 g/mol. The lowest BCUT2D eigenvalue weighted by atomic mass is 9.93. The standard InChI is InChI=1S/C23H27N3O/c1-17-7-9-18(10-8-17)23-19(15-24-20-11-13-22(27)14-12-20)16-26(25-23)21-5-3-2-4-6-21/h2-10,16,20,22,24,27H,11-15H2,1H3. The molecule has 0 unspecified atom stereocenters. The molecule has 4 nitrogen and oxygen atoms in total. The molecule has 27 heavy (non-hydrogen) atoms. The van der Waals surface area contributed by atoms with E-state index in [2.05, 4.69) is 54.8 Å². The molecule has 0 spiro atoms. The molecule has 0 amide bonds. The van der Waals surface area contributed by atoms with Gasteiger partial charge in [-0.1, -0.05) is 48.0 Å². The van der Waals surface area contributed by atoms with Gasteiger partial charge in [-0.25, -0.2) is 4.68 Å². The molecule has 1 heterocycles. The summed E-state index contributed by atoms with van der Waals surface area (Å²) < 4.78 is 1.97. The minimum Gasteiger partial charge on any atom is -0.393 e. The first kappa shape index (κ1) is 18.0. The molecule has 1 aliphatic rings. The zero-order valence-electron chi connectivity index (χ0n) is 15.8. The van der Waals surface area contributed by atoms with E-state index in [1.807, 2.05) is 22.9 Å². The van der Waals surface area contributed by atoms with E-state index >= 15 is 0 Å². The third-order valence-corrected chi connectivity index (χ3v) is 5.41. The number of rotatable bonds is 5. The van der Waals surface area contributed by atoms with Crippen molar-refractivity contribution in [3.63, 3.8) is 0 Å². The van der Waals surface area contributed by atoms with E-state index in [9.17, 15) is 5.11 Å². The van der Waals surface area contributed by atoms with Crippen LogP contribution in [0.2, 0.25) is 0 Å². The van der Waals surface area contributed by atoms with Crippen molar-refractivity contribution in [2.24, 2.45) is 0 Å². The van der Waals surface area contributed by atoms with E-state index in [-0.39, 0.29) is 6.10 Å². The first-order valence-electron chi connectivity index (χ1n) is 9.81. The third kappa shape index (κ3) is 4.29. The van der Waals surface area contributed by atoms with Crippen LogP contribution in [0.5, 0.6) is 0 Å². The number of hydrogen-bond donors (Lipinski definition) is 2. The fourth-order valence-corrected chi connectivity index (χ4v) is 3.74. The van der Waals surface area contributed by atoms with Crippen molar-refractivity contribution in [3.8, 4) is 16.9 Å². The molecule has 4 heteroatoms. The Morgan fingerprint density at radius 1 is 1.00 bits per heavy atom. The molecule has 1 aliphatic carbocycles. The zero-order valence-corrected chi connectivity index (χ0v) is 15.8. The summed E-state index contributed by atoms with van der Waals surface area (Å²) in [7, 11) is 0. The normalized spacial score (nSPS) is 19.9. The number of aliphatic hydroxyl groups is 1. The number of hydrogen-bond acceptors (Lipinski definition) is 3. The molecule has 1 aromatic heterocycles. The highest BCUT2D eigenvalue weighted by Gasteiger charge is 2.20. The first-order valence-corrected chi connectivity index (χ1v) is 9.81. The number of nitrogens with zero attached hydrogens (tertiary/aromatic N) is 2. The second-order valence-electron chi connectivity index (χ2n) is 7.54. The van der Waals surface area contributed by atoms with Gasteiger partial charge in [0.25, 0.3) is 0 Å². The number of aromatic nitrogens is 2. The van der Waals surface area contributed by atoms with Crippen LogP contribution in [0.15, 0.2) is 60.8 Å². The Labute approximate surface area is 160 Å². The van der Waals surface area contributed by atoms with Crippen LogP contribution < -0.4 is 5.32 Å². The summed E-state index contributed by atoms with van der Waals surface area (Å²) in [5.74, 6) is 0. The molecule has 4 rings (SSSR count). The van der Waals surface area contributed by atoms with Crippen LogP contribution in [0.1, 0.15) is 36.8 Å². The van der Waals surface area contributed by atoms with Gasteiger partial charge in [-0.15, -0.1) is 0 Å². The highest BCUT2D eigenvalue weighted by atomic mass is 16.3. The van der Waals surface area contributed by atoms with Crippen LogP contribution in [0.4, 0.5) is 0 Å². The fourth-order valence-electron chi connectivity index (χ4n) is 3.74. The van der Waals surface area contributed by atoms with Crippen molar-refractivity contribution in [2.45, 2.75) is 51.3 Å². The van der Waals surface area contributed by atoms with Crippen LogP contribution in [0.3, 0.4) is 0 Å². The number of aliphatic hydroxyl groups excluding tert-OH is 1. The fraction of sp³-hybridized carbons (Fsp3) is 0.348. The van der Waals surface area contributed by atoms with Crippen LogP contribution >= 0.6 is 0 Å². The topological polar surface area (TPSA) is 50.1 Å². The lowest BCUT2D eigenvalue weighted by molar-refractivity contribution is 0.116. The monoisotopic (exact) mass is 361 g/mol. The minimum absolute atomic E-state index is 0.119. The highest BCUT2D eigenvalue weighted by molar-refractivity contribution is 5.63. The lowest BCUT2D eigenvalue weighted by Crippen LogP contribution is -2.34. The summed E-state index contributed by atoms with van der Waals surface area (Å²) in [5.41, 5.74) is 5.70. The van der Waals surface area contributed by atoms with Gasteiger partial charge in [0.15, 0.2) is 0 Å². The van der Waals surface area contributed by atoms with Crippen molar-refractivity contribution in [1.82, 2.24) is 15.1 Å². The molecule has 0 saturated heterocycles. The maximum absolute atomic E-state index is 9.72. The SMILES string of the molecule is Cc1ccc(-c2nn(-c3ccccc3)cc2CNC2CCC(O)CC2)cc1. The Morgan fingerprint density at radius 3 is 2.41 bits per heavy atom. The Morgan fingerprint density at radius 2 is 1.70 bits per heavy atom. The maximum Gasteiger partial charge on any atom is 0.0972 e. The van der Waals surface area contributed by atoms with Gasteiger partial charge in [0.05, 0.1) is 17.5 Å². The van der Waals surface area contributed by atoms with E-state index in [0.717, 1.165) is 49.2 Å². The van der Waals surface area contributed by atoms with Gasteiger partial charge in [0.2, 0.25) is 0 Å². The lowest BCUT2D eigenvalue weighted by Gasteiger charge is -2.26. The number of benzene rings is 2. The third-order valence-electron chi connectivity index (χ3n) is 5.41. The Balaban J connectivity index is 1.60. The molecule has 1 fully saturated rings. The van der Waals surface area contributed by atoms with Gasteiger partial charge in [-0.05, 0) is 44.7 Å². The first-order chi connectivity index (χ1) is 13.2. The summed E-state index contributed by atoms with van der Waals surface area (Å²) in [6.07, 6.45) is 5.88. The molecule has 0 bridgehead atoms. The molecule has 140 valence electrons. The number of nitrogens with one attached hydrogen (secondary N) is 1. The van der Waals surface area contributed by atoms with E-state index in [1.165, 1.54) is 11.1 Å². The smallest absolute Gasteiger partial charge is 0.0972 e. The van der Waals surface area contributed by atoms with Crippen LogP contribution in [-0.2, 0) is 6.54 Å². The summed E-state index contributed by atoms with van der Waals surface area (Å²) >= 11 is 0. The Bertz CT molecular complexity index is 862. The second-order valence-corrected chi connectivity index (χ2v) is 7.54. The van der Waals surface area contributed by atoms with E-state index < -0.39 is 0 Å². The molecule has 2 aromatic carbocycles. The average molecular weight is 361 g/mol. The van der Waals surface area contributed by atoms with E-state index in [4.69, 9.17) is 5.10 Å². The van der Waals surface area contributed by atoms with Gasteiger partial charge in [-0.3, -0.25) is 0 Å². The van der Waals surface area contributed by atoms with Crippen LogP contribution in [0.25, 0.3) is 16.9 Å². The second kappa shape index (κ2) is 8.07. The van der Waals surface area contributed by atoms with Gasteiger partial charge in [-0.2, -0.15) is 5.10 Å². The van der Waals surface area contributed by atoms with E-state index in [0.29, 0.717) is 6.04 Å². The van der Waals surface area contributed by atoms with Crippen molar-refractivity contribution in [2.75, 3.05) is 0 Å². The summed E-state index contributed by atoms with van der Waals surface area (Å²) in [6, 6.07) is 19.3. The summed E-state index contributed by atoms with van der Waals surface area (Å²) in [4.78, 5) is 0. The largest absolute Gasteiger partial charge is 0.393 e. The predicted octanol–water partition coefficient (Wildman–Crippen LogP) is 4.24. The predicted molar refractivity (Wildman–Crippen MR) is 109 cm³/mol. The Kier molecular flexibility index (Phi) is 5.37. The Hall–Kier alpha value is -2.43. The van der Waals surface area contributed by atoms with Gasteiger partial charge < -0.3 is 10.4 Å². The summed E-state index contributed by atoms with van der Waals surface area (Å²) in [5, 5.41) is 18.3. The van der Waals surface area contributed by atoms with Gasteiger partial charge >= 0.3 is 0 Å². The van der Waals surface area contributed by atoms with E-state index in [1.54, 1.807) is 0 Å². The molecule has 0 atom stereocenters. The maximum atomic E-state index is 9.72. The van der Waals surface area contributed by atoms with Crippen LogP contribution in [0, 0.1) is 6.92 Å². The van der Waals surface area contributed by atoms with Crippen molar-refractivity contribution >= 4 is 0 Å². The number of para-hydroxylation sites is 1. The minimum atomic E-state index is -0.119. The number of aryl methyl sites for hydroxylation is 1. The highest BCUT2D eigenvalue weighted by Crippen LogP contribution is 2.25. The molecule has 1 saturated carbocycles. The van der Waals surface area contributed by atoms with Gasteiger partial charge in [0.1, 0.15) is 0 Å². The van der Waals surface area contributed by atoms with Crippen molar-refractivity contribution in [3.05, 3.63) is 71.9 Å². The van der Waals surface area contributed by atoms with Crippen LogP contribution in [-0.4, -0.2) is 27.0 Å². The zero-order chi connectivity index (χ0) is 18.6. The summed E-state index contributed by atoms with van der Waals surface area (Å²) in [6.45, 7) is 2.89. The van der Waals surface area contributed by atoms with Crippen molar-refractivity contribution < 1.29 is 5.11 Å². The average Bonchev–Trinajstić information content (AvgIpc) is 3.13.